The van der Waals surface area contributed by atoms with Crippen LogP contribution in [0.5, 0.6) is 0 Å². The summed E-state index contributed by atoms with van der Waals surface area (Å²) in [5, 5.41) is 0. The summed E-state index contributed by atoms with van der Waals surface area (Å²) in [6, 6.07) is 0.953. The third-order valence-corrected chi connectivity index (χ3v) is 6.19. The SMILES string of the molecule is CCO[Si](CCC(CC)CC)(OCC)OCC.N. The van der Waals surface area contributed by atoms with Crippen LogP contribution in [0.15, 0.2) is 0 Å². The van der Waals surface area contributed by atoms with E-state index in [9.17, 15) is 0 Å². The van der Waals surface area contributed by atoms with Crippen molar-refractivity contribution < 1.29 is 13.3 Å². The summed E-state index contributed by atoms with van der Waals surface area (Å²) in [5.74, 6) is 0.767. The van der Waals surface area contributed by atoms with Crippen LogP contribution in [0.1, 0.15) is 53.9 Å². The van der Waals surface area contributed by atoms with Crippen molar-refractivity contribution in [3.05, 3.63) is 0 Å². The molecule has 0 radical (unpaired) electrons. The Morgan fingerprint density at radius 2 is 1.17 bits per heavy atom. The topological polar surface area (TPSA) is 62.7 Å². The number of rotatable bonds is 11. The average Bonchev–Trinajstić information content (AvgIpc) is 2.31. The lowest BCUT2D eigenvalue weighted by Gasteiger charge is -2.29. The Morgan fingerprint density at radius 1 is 0.778 bits per heavy atom. The first-order chi connectivity index (χ1) is 8.17. The summed E-state index contributed by atoms with van der Waals surface area (Å²) < 4.78 is 17.5. The molecule has 0 aromatic carbocycles. The third kappa shape index (κ3) is 7.48. The van der Waals surface area contributed by atoms with E-state index in [1.54, 1.807) is 0 Å². The Bertz CT molecular complexity index is 161. The van der Waals surface area contributed by atoms with E-state index >= 15 is 0 Å². The van der Waals surface area contributed by atoms with Gasteiger partial charge in [-0.15, -0.1) is 0 Å². The van der Waals surface area contributed by atoms with E-state index in [1.165, 1.54) is 12.8 Å². The molecule has 0 aromatic rings. The smallest absolute Gasteiger partial charge is 0.374 e. The van der Waals surface area contributed by atoms with Crippen LogP contribution in [-0.2, 0) is 13.3 Å². The van der Waals surface area contributed by atoms with Crippen molar-refractivity contribution in [3.63, 3.8) is 0 Å². The maximum absolute atomic E-state index is 5.84. The van der Waals surface area contributed by atoms with Gasteiger partial charge in [-0.3, -0.25) is 0 Å². The maximum atomic E-state index is 5.84. The van der Waals surface area contributed by atoms with Crippen LogP contribution in [-0.4, -0.2) is 28.6 Å². The van der Waals surface area contributed by atoms with Crippen molar-refractivity contribution in [2.45, 2.75) is 59.9 Å². The summed E-state index contributed by atoms with van der Waals surface area (Å²) in [7, 11) is -2.39. The van der Waals surface area contributed by atoms with Crippen LogP contribution in [0, 0.1) is 5.92 Å². The average molecular weight is 279 g/mol. The molecule has 0 saturated heterocycles. The monoisotopic (exact) mass is 279 g/mol. The van der Waals surface area contributed by atoms with E-state index in [0.717, 1.165) is 18.4 Å². The molecule has 0 aliphatic rings. The van der Waals surface area contributed by atoms with E-state index in [1.807, 2.05) is 20.8 Å². The molecule has 0 saturated carbocycles. The molecule has 0 spiro atoms. The molecular weight excluding hydrogens is 246 g/mol. The zero-order valence-electron chi connectivity index (χ0n) is 13.0. The van der Waals surface area contributed by atoms with Gasteiger partial charge < -0.3 is 19.4 Å². The highest BCUT2D eigenvalue weighted by Crippen LogP contribution is 2.24. The predicted molar refractivity (Wildman–Crippen MR) is 79.2 cm³/mol. The molecule has 3 N–H and O–H groups in total. The fraction of sp³-hybridized carbons (Fsp3) is 1.00. The molecule has 5 heteroatoms. The molecule has 0 fully saturated rings. The summed E-state index contributed by atoms with van der Waals surface area (Å²) in [5.41, 5.74) is 0. The van der Waals surface area contributed by atoms with Crippen LogP contribution >= 0.6 is 0 Å². The van der Waals surface area contributed by atoms with Crippen molar-refractivity contribution in [1.82, 2.24) is 6.15 Å². The van der Waals surface area contributed by atoms with Gasteiger partial charge in [0.15, 0.2) is 0 Å². The molecule has 0 aromatic heterocycles. The highest BCUT2D eigenvalue weighted by atomic mass is 28.4. The Hall–Kier alpha value is 0.0569. The second-order valence-electron chi connectivity index (χ2n) is 4.20. The zero-order valence-corrected chi connectivity index (χ0v) is 14.0. The second-order valence-corrected chi connectivity index (χ2v) is 6.94. The van der Waals surface area contributed by atoms with Gasteiger partial charge in [0.1, 0.15) is 0 Å². The molecule has 0 atom stereocenters. The lowest BCUT2D eigenvalue weighted by molar-refractivity contribution is 0.0694. The van der Waals surface area contributed by atoms with Gasteiger partial charge in [0.05, 0.1) is 0 Å². The summed E-state index contributed by atoms with van der Waals surface area (Å²) in [6.45, 7) is 12.6. The van der Waals surface area contributed by atoms with Gasteiger partial charge in [-0.1, -0.05) is 26.7 Å². The normalized spacial score (nSPS) is 11.7. The van der Waals surface area contributed by atoms with Crippen molar-refractivity contribution in [1.29, 1.82) is 0 Å². The quantitative estimate of drug-likeness (QED) is 0.580. The molecule has 0 bridgehead atoms. The van der Waals surface area contributed by atoms with E-state index in [2.05, 4.69) is 13.8 Å². The van der Waals surface area contributed by atoms with Crippen LogP contribution in [0.4, 0.5) is 0 Å². The molecule has 112 valence electrons. The van der Waals surface area contributed by atoms with Gasteiger partial charge in [-0.2, -0.15) is 0 Å². The summed E-state index contributed by atoms with van der Waals surface area (Å²) >= 11 is 0. The number of hydrogen-bond acceptors (Lipinski definition) is 4. The molecular formula is C13H33NO3Si. The first-order valence-electron chi connectivity index (χ1n) is 7.09. The van der Waals surface area contributed by atoms with Crippen molar-refractivity contribution in [2.24, 2.45) is 5.92 Å². The third-order valence-electron chi connectivity index (χ3n) is 3.11. The lowest BCUT2D eigenvalue weighted by atomic mass is 10.0. The van der Waals surface area contributed by atoms with Gasteiger partial charge >= 0.3 is 8.80 Å². The molecule has 0 unspecified atom stereocenters. The molecule has 0 aliphatic heterocycles. The van der Waals surface area contributed by atoms with Crippen LogP contribution < -0.4 is 6.15 Å². The summed E-state index contributed by atoms with van der Waals surface area (Å²) in [6.07, 6.45) is 3.61. The standard InChI is InChI=1S/C13H30O3Si.H3N/c1-6-13(7-2)11-12-17(14-8-3,15-9-4)16-10-5;/h13H,6-12H2,1-5H3;1H3. The van der Waals surface area contributed by atoms with Gasteiger partial charge in [-0.25, -0.2) is 0 Å². The van der Waals surface area contributed by atoms with Gasteiger partial charge in [0.25, 0.3) is 0 Å². The molecule has 4 nitrogen and oxygen atoms in total. The summed E-state index contributed by atoms with van der Waals surface area (Å²) in [4.78, 5) is 0. The molecule has 0 aliphatic carbocycles. The van der Waals surface area contributed by atoms with E-state index in [0.29, 0.717) is 19.8 Å². The highest BCUT2D eigenvalue weighted by molar-refractivity contribution is 6.60. The lowest BCUT2D eigenvalue weighted by Crippen LogP contribution is -2.46. The van der Waals surface area contributed by atoms with Crippen molar-refractivity contribution in [2.75, 3.05) is 19.8 Å². The molecule has 0 amide bonds. The fourth-order valence-electron chi connectivity index (χ4n) is 2.08. The molecule has 0 heterocycles. The first kappa shape index (κ1) is 20.4. The minimum absolute atomic E-state index is 0. The van der Waals surface area contributed by atoms with E-state index in [4.69, 9.17) is 13.3 Å². The largest absolute Gasteiger partial charge is 0.500 e. The van der Waals surface area contributed by atoms with Crippen LogP contribution in [0.3, 0.4) is 0 Å². The van der Waals surface area contributed by atoms with Gasteiger partial charge in [0, 0.05) is 25.9 Å². The van der Waals surface area contributed by atoms with E-state index < -0.39 is 8.80 Å². The second kappa shape index (κ2) is 12.1. The number of hydrogen-bond donors (Lipinski definition) is 1. The minimum Gasteiger partial charge on any atom is -0.374 e. The Kier molecular flexibility index (Phi) is 13.7. The Labute approximate surface area is 114 Å². The fourth-order valence-corrected chi connectivity index (χ4v) is 4.84. The van der Waals surface area contributed by atoms with Crippen molar-refractivity contribution >= 4 is 8.80 Å². The minimum atomic E-state index is -2.39. The molecule has 0 rings (SSSR count). The first-order valence-corrected chi connectivity index (χ1v) is 9.02. The van der Waals surface area contributed by atoms with Gasteiger partial charge in [-0.05, 0) is 33.1 Å². The maximum Gasteiger partial charge on any atom is 0.500 e. The van der Waals surface area contributed by atoms with E-state index in [-0.39, 0.29) is 6.15 Å². The molecule has 18 heavy (non-hydrogen) atoms. The van der Waals surface area contributed by atoms with Crippen molar-refractivity contribution in [3.8, 4) is 0 Å². The predicted octanol–water partition coefficient (Wildman–Crippen LogP) is 4.02. The van der Waals surface area contributed by atoms with Gasteiger partial charge in [0.2, 0.25) is 0 Å². The zero-order chi connectivity index (χ0) is 13.1. The van der Waals surface area contributed by atoms with Crippen LogP contribution in [0.2, 0.25) is 6.04 Å². The Balaban J connectivity index is 0. The highest BCUT2D eigenvalue weighted by Gasteiger charge is 2.40. The van der Waals surface area contributed by atoms with Crippen LogP contribution in [0.25, 0.3) is 0 Å². The Morgan fingerprint density at radius 3 is 1.44 bits per heavy atom.